The molecule has 0 unspecified atom stereocenters. The SMILES string of the molecule is N#CCCN(CCN1CCCC1)C1CC1. The molecule has 2 aliphatic rings. The molecule has 0 bridgehead atoms. The van der Waals surface area contributed by atoms with Crippen molar-refractivity contribution < 1.29 is 0 Å². The van der Waals surface area contributed by atoms with E-state index in [9.17, 15) is 0 Å². The Bertz CT molecular complexity index is 224. The average Bonchev–Trinajstić information content (AvgIpc) is 2.95. The minimum absolute atomic E-state index is 0.691. The lowest BCUT2D eigenvalue weighted by Gasteiger charge is -2.24. The fourth-order valence-electron chi connectivity index (χ4n) is 2.39. The summed E-state index contributed by atoms with van der Waals surface area (Å²) in [6.07, 6.45) is 6.15. The van der Waals surface area contributed by atoms with E-state index in [-0.39, 0.29) is 0 Å². The Morgan fingerprint density at radius 3 is 2.53 bits per heavy atom. The van der Waals surface area contributed by atoms with Crippen LogP contribution in [0.25, 0.3) is 0 Å². The van der Waals surface area contributed by atoms with Crippen LogP contribution >= 0.6 is 0 Å². The Morgan fingerprint density at radius 2 is 1.93 bits per heavy atom. The summed E-state index contributed by atoms with van der Waals surface area (Å²) in [5.74, 6) is 0. The maximum Gasteiger partial charge on any atom is 0.0635 e. The first-order valence-corrected chi connectivity index (χ1v) is 6.23. The minimum atomic E-state index is 0.691. The molecule has 0 aromatic rings. The smallest absolute Gasteiger partial charge is 0.0635 e. The van der Waals surface area contributed by atoms with Crippen LogP contribution in [0.15, 0.2) is 0 Å². The van der Waals surface area contributed by atoms with Gasteiger partial charge in [-0.2, -0.15) is 5.26 Å². The number of hydrogen-bond donors (Lipinski definition) is 0. The van der Waals surface area contributed by atoms with Crippen LogP contribution in [0.2, 0.25) is 0 Å². The highest BCUT2D eigenvalue weighted by molar-refractivity contribution is 4.87. The number of rotatable bonds is 6. The predicted octanol–water partition coefficient (Wildman–Crippen LogP) is 1.46. The molecule has 0 aromatic heterocycles. The van der Waals surface area contributed by atoms with Crippen molar-refractivity contribution >= 4 is 0 Å². The maximum absolute atomic E-state index is 8.61. The highest BCUT2D eigenvalue weighted by Crippen LogP contribution is 2.26. The van der Waals surface area contributed by atoms with Crippen molar-refractivity contribution in [3.63, 3.8) is 0 Å². The van der Waals surface area contributed by atoms with Gasteiger partial charge in [-0.25, -0.2) is 0 Å². The van der Waals surface area contributed by atoms with Crippen molar-refractivity contribution in [2.45, 2.75) is 38.1 Å². The molecule has 2 rings (SSSR count). The van der Waals surface area contributed by atoms with Crippen LogP contribution in [0, 0.1) is 11.3 Å². The minimum Gasteiger partial charge on any atom is -0.302 e. The van der Waals surface area contributed by atoms with E-state index in [1.165, 1.54) is 51.9 Å². The molecular formula is C12H21N3. The van der Waals surface area contributed by atoms with Crippen molar-refractivity contribution in [1.29, 1.82) is 5.26 Å². The van der Waals surface area contributed by atoms with Crippen molar-refractivity contribution in [3.8, 4) is 6.07 Å². The summed E-state index contributed by atoms with van der Waals surface area (Å²) in [4.78, 5) is 5.07. The molecule has 1 saturated carbocycles. The van der Waals surface area contributed by atoms with Gasteiger partial charge in [-0.3, -0.25) is 4.90 Å². The van der Waals surface area contributed by atoms with Crippen molar-refractivity contribution in [2.24, 2.45) is 0 Å². The second-order valence-corrected chi connectivity index (χ2v) is 4.72. The Balaban J connectivity index is 1.66. The number of nitriles is 1. The zero-order chi connectivity index (χ0) is 10.5. The molecule has 15 heavy (non-hydrogen) atoms. The summed E-state index contributed by atoms with van der Waals surface area (Å²) in [6, 6.07) is 3.06. The van der Waals surface area contributed by atoms with Crippen LogP contribution in [-0.4, -0.2) is 48.6 Å². The Labute approximate surface area is 92.7 Å². The molecule has 0 aromatic carbocycles. The Morgan fingerprint density at radius 1 is 1.20 bits per heavy atom. The number of nitrogens with zero attached hydrogens (tertiary/aromatic N) is 3. The molecular weight excluding hydrogens is 186 g/mol. The van der Waals surface area contributed by atoms with Gasteiger partial charge in [0, 0.05) is 32.1 Å². The molecule has 0 spiro atoms. The van der Waals surface area contributed by atoms with E-state index in [1.54, 1.807) is 0 Å². The van der Waals surface area contributed by atoms with Gasteiger partial charge in [-0.05, 0) is 38.8 Å². The molecule has 1 heterocycles. The second kappa shape index (κ2) is 5.48. The van der Waals surface area contributed by atoms with Gasteiger partial charge in [0.25, 0.3) is 0 Å². The van der Waals surface area contributed by atoms with Crippen LogP contribution < -0.4 is 0 Å². The third-order valence-corrected chi connectivity index (χ3v) is 3.48. The van der Waals surface area contributed by atoms with E-state index >= 15 is 0 Å². The van der Waals surface area contributed by atoms with Gasteiger partial charge in [-0.1, -0.05) is 0 Å². The van der Waals surface area contributed by atoms with E-state index in [4.69, 9.17) is 5.26 Å². The molecule has 2 fully saturated rings. The zero-order valence-corrected chi connectivity index (χ0v) is 9.49. The Kier molecular flexibility index (Phi) is 3.99. The lowest BCUT2D eigenvalue weighted by molar-refractivity contribution is 0.221. The fraction of sp³-hybridized carbons (Fsp3) is 0.917. The fourth-order valence-corrected chi connectivity index (χ4v) is 2.39. The van der Waals surface area contributed by atoms with Gasteiger partial charge in [0.1, 0.15) is 0 Å². The van der Waals surface area contributed by atoms with Crippen LogP contribution in [0.3, 0.4) is 0 Å². The molecule has 84 valence electrons. The van der Waals surface area contributed by atoms with Crippen molar-refractivity contribution in [1.82, 2.24) is 9.80 Å². The first kappa shape index (κ1) is 10.9. The molecule has 0 amide bonds. The normalized spacial score (nSPS) is 22.1. The van der Waals surface area contributed by atoms with E-state index in [0.29, 0.717) is 6.42 Å². The summed E-state index contributed by atoms with van der Waals surface area (Å²) in [6.45, 7) is 5.94. The summed E-state index contributed by atoms with van der Waals surface area (Å²) >= 11 is 0. The highest BCUT2D eigenvalue weighted by Gasteiger charge is 2.28. The van der Waals surface area contributed by atoms with Gasteiger partial charge in [0.05, 0.1) is 6.07 Å². The summed E-state index contributed by atoms with van der Waals surface area (Å²) in [5, 5.41) is 8.61. The summed E-state index contributed by atoms with van der Waals surface area (Å²) in [7, 11) is 0. The highest BCUT2D eigenvalue weighted by atomic mass is 15.2. The summed E-state index contributed by atoms with van der Waals surface area (Å²) in [5.41, 5.74) is 0. The van der Waals surface area contributed by atoms with Crippen LogP contribution in [-0.2, 0) is 0 Å². The van der Waals surface area contributed by atoms with Gasteiger partial charge >= 0.3 is 0 Å². The number of likely N-dealkylation sites (tertiary alicyclic amines) is 1. The molecule has 0 atom stereocenters. The van der Waals surface area contributed by atoms with Crippen LogP contribution in [0.1, 0.15) is 32.1 Å². The van der Waals surface area contributed by atoms with Gasteiger partial charge < -0.3 is 4.90 Å². The quantitative estimate of drug-likeness (QED) is 0.660. The van der Waals surface area contributed by atoms with E-state index in [1.807, 2.05) is 0 Å². The standard InChI is InChI=1S/C12H21N3/c13-6-3-9-15(12-4-5-12)11-10-14-7-1-2-8-14/h12H,1-5,7-11H2. The lowest BCUT2D eigenvalue weighted by Crippen LogP contribution is -2.35. The number of hydrogen-bond acceptors (Lipinski definition) is 3. The molecule has 0 radical (unpaired) electrons. The van der Waals surface area contributed by atoms with Gasteiger partial charge in [0.15, 0.2) is 0 Å². The molecule has 1 saturated heterocycles. The Hall–Kier alpha value is -0.590. The molecule has 1 aliphatic heterocycles. The second-order valence-electron chi connectivity index (χ2n) is 4.72. The van der Waals surface area contributed by atoms with Gasteiger partial charge in [-0.15, -0.1) is 0 Å². The van der Waals surface area contributed by atoms with E-state index in [0.717, 1.165) is 12.6 Å². The lowest BCUT2D eigenvalue weighted by atomic mass is 10.3. The third-order valence-electron chi connectivity index (χ3n) is 3.48. The molecule has 3 heteroatoms. The molecule has 3 nitrogen and oxygen atoms in total. The van der Waals surface area contributed by atoms with E-state index < -0.39 is 0 Å². The predicted molar refractivity (Wildman–Crippen MR) is 60.5 cm³/mol. The van der Waals surface area contributed by atoms with Gasteiger partial charge in [0.2, 0.25) is 0 Å². The van der Waals surface area contributed by atoms with E-state index in [2.05, 4.69) is 15.9 Å². The monoisotopic (exact) mass is 207 g/mol. The largest absolute Gasteiger partial charge is 0.302 e. The molecule has 0 N–H and O–H groups in total. The van der Waals surface area contributed by atoms with Crippen LogP contribution in [0.5, 0.6) is 0 Å². The van der Waals surface area contributed by atoms with Crippen molar-refractivity contribution in [3.05, 3.63) is 0 Å². The van der Waals surface area contributed by atoms with Crippen LogP contribution in [0.4, 0.5) is 0 Å². The first-order valence-electron chi connectivity index (χ1n) is 6.23. The summed E-state index contributed by atoms with van der Waals surface area (Å²) < 4.78 is 0. The zero-order valence-electron chi connectivity index (χ0n) is 9.49. The maximum atomic E-state index is 8.61. The molecule has 1 aliphatic carbocycles. The third kappa shape index (κ3) is 3.48. The average molecular weight is 207 g/mol. The van der Waals surface area contributed by atoms with Crippen molar-refractivity contribution in [2.75, 3.05) is 32.7 Å². The topological polar surface area (TPSA) is 30.3 Å². The first-order chi connectivity index (χ1) is 7.40.